The molecule has 13 nitrogen and oxygen atoms in total. The molecule has 4 aromatic rings. The number of H-pyrrole nitrogens is 1. The minimum absolute atomic E-state index is 0.0148. The summed E-state index contributed by atoms with van der Waals surface area (Å²) in [4.78, 5) is 20.2. The van der Waals surface area contributed by atoms with Crippen LogP contribution in [0.5, 0.6) is 0 Å². The standard InChI is InChI=1S/C59H86N6O7S2/c1-14-15-16-17-18-21-32-71-50-30-26-42(22-19-20-31-57(5,6)7)35-51(50)74(69,70)64-48-36-43(27-25-41(48)4)54-62-55-52(56(66)72-53-46(58(8,9)10)33-40(3)34-47(53)59(11,12)13)45(37-60)49(65(55)63-54)38-61-73(67,68)44-28-23-39(2)24-29-44/h23-29,35-36,40,46-47,50,53,61,64H,14-22,30-34,38H2,1-13H3,(H,62,63). The van der Waals surface area contributed by atoms with Crippen LogP contribution in [0.2, 0.25) is 0 Å². The van der Waals surface area contributed by atoms with Crippen LogP contribution >= 0.6 is 0 Å². The number of unbranched alkanes of at least 4 members (excludes halogenated alkanes) is 6. The second kappa shape index (κ2) is 24.1. The van der Waals surface area contributed by atoms with Gasteiger partial charge in [-0.2, -0.15) is 5.26 Å². The summed E-state index contributed by atoms with van der Waals surface area (Å²) < 4.78 is 76.9. The van der Waals surface area contributed by atoms with Gasteiger partial charge < -0.3 is 9.47 Å². The third kappa shape index (κ3) is 14.8. The average molecular weight is 1060 g/mol. The van der Waals surface area contributed by atoms with Crippen LogP contribution in [0.1, 0.15) is 192 Å². The Morgan fingerprint density at radius 2 is 1.51 bits per heavy atom. The molecule has 0 saturated heterocycles. The molecular formula is C59H86N6O7S2. The lowest BCUT2D eigenvalue weighted by Crippen LogP contribution is -2.49. The molecule has 0 radical (unpaired) electrons. The number of carbonyl (C=O) groups excluding carboxylic acids is 1. The molecule has 2 heterocycles. The van der Waals surface area contributed by atoms with E-state index in [-0.39, 0.29) is 72.7 Å². The number of aromatic amines is 1. The highest BCUT2D eigenvalue weighted by atomic mass is 32.2. The maximum absolute atomic E-state index is 15.0. The Morgan fingerprint density at radius 1 is 0.865 bits per heavy atom. The van der Waals surface area contributed by atoms with Crippen molar-refractivity contribution in [3.8, 4) is 17.5 Å². The van der Waals surface area contributed by atoms with Gasteiger partial charge in [0.2, 0.25) is 10.0 Å². The van der Waals surface area contributed by atoms with Gasteiger partial charge in [0.1, 0.15) is 17.7 Å². The zero-order valence-corrected chi connectivity index (χ0v) is 48.3. The minimum atomic E-state index is -4.14. The number of nitrogens with one attached hydrogen (secondary N) is 3. The number of sulfonamides is 2. The van der Waals surface area contributed by atoms with Gasteiger partial charge >= 0.3 is 5.97 Å². The highest BCUT2D eigenvalue weighted by molar-refractivity contribution is 7.96. The van der Waals surface area contributed by atoms with Gasteiger partial charge in [-0.05, 0) is 111 Å². The van der Waals surface area contributed by atoms with Crippen molar-refractivity contribution in [1.29, 1.82) is 5.26 Å². The topological polar surface area (TPSA) is 185 Å². The largest absolute Gasteiger partial charge is 0.458 e. The van der Waals surface area contributed by atoms with E-state index in [1.807, 2.05) is 13.8 Å². The van der Waals surface area contributed by atoms with Crippen LogP contribution < -0.4 is 9.44 Å². The zero-order valence-electron chi connectivity index (χ0n) is 46.7. The molecule has 0 bridgehead atoms. The van der Waals surface area contributed by atoms with E-state index in [0.717, 1.165) is 68.9 Å². The Bertz CT molecular complexity index is 2900. The number of aromatic nitrogens is 3. The third-order valence-corrected chi connectivity index (χ3v) is 18.0. The van der Waals surface area contributed by atoms with Gasteiger partial charge in [0, 0.05) is 24.0 Å². The molecule has 406 valence electrons. The molecule has 15 heteroatoms. The first-order chi connectivity index (χ1) is 34.6. The number of rotatable bonds is 22. The first-order valence-electron chi connectivity index (χ1n) is 27.1. The molecule has 0 spiro atoms. The number of anilines is 1. The molecule has 0 amide bonds. The lowest BCUT2D eigenvalue weighted by atomic mass is 9.59. The number of nitrogens with zero attached hydrogens (tertiary/aromatic N) is 3. The molecule has 3 atom stereocenters. The van der Waals surface area contributed by atoms with Crippen LogP contribution in [-0.2, 0) is 36.1 Å². The fraction of sp³-hybridized carbons (Fsp3) is 0.610. The number of carbonyl (C=O) groups is 1. The molecule has 3 N–H and O–H groups in total. The monoisotopic (exact) mass is 1050 g/mol. The summed E-state index contributed by atoms with van der Waals surface area (Å²) in [6, 6.07) is 13.9. The summed E-state index contributed by atoms with van der Waals surface area (Å²) in [7, 11) is -8.22. The molecule has 74 heavy (non-hydrogen) atoms. The third-order valence-electron chi connectivity index (χ3n) is 15.1. The first kappa shape index (κ1) is 58.5. The number of hydrogen-bond donors (Lipinski definition) is 3. The van der Waals surface area contributed by atoms with E-state index in [0.29, 0.717) is 35.8 Å². The van der Waals surface area contributed by atoms with Crippen LogP contribution in [0, 0.1) is 59.2 Å². The maximum atomic E-state index is 15.0. The van der Waals surface area contributed by atoms with E-state index in [4.69, 9.17) is 14.5 Å². The number of aryl methyl sites for hydroxylation is 2. The predicted molar refractivity (Wildman–Crippen MR) is 297 cm³/mol. The number of hydrogen-bond acceptors (Lipinski definition) is 9. The molecule has 1 saturated carbocycles. The van der Waals surface area contributed by atoms with Crippen molar-refractivity contribution in [3.63, 3.8) is 0 Å². The average Bonchev–Trinajstić information content (AvgIpc) is 3.87. The number of nitriles is 1. The van der Waals surface area contributed by atoms with Crippen molar-refractivity contribution in [2.75, 3.05) is 11.3 Å². The van der Waals surface area contributed by atoms with E-state index in [1.54, 1.807) is 36.4 Å². The van der Waals surface area contributed by atoms with Gasteiger partial charge in [0.25, 0.3) is 10.0 Å². The fourth-order valence-electron chi connectivity index (χ4n) is 10.7. The summed E-state index contributed by atoms with van der Waals surface area (Å²) in [6.45, 7) is 27.9. The molecule has 3 unspecified atom stereocenters. The van der Waals surface area contributed by atoms with Crippen molar-refractivity contribution < 1.29 is 31.1 Å². The van der Waals surface area contributed by atoms with E-state index >= 15 is 0 Å². The zero-order chi connectivity index (χ0) is 54.4. The van der Waals surface area contributed by atoms with Gasteiger partial charge in [-0.1, -0.05) is 156 Å². The molecule has 6 rings (SSSR count). The Kier molecular flexibility index (Phi) is 19.0. The van der Waals surface area contributed by atoms with Crippen molar-refractivity contribution in [2.45, 2.75) is 197 Å². The summed E-state index contributed by atoms with van der Waals surface area (Å²) in [5, 5.41) is 14.1. The summed E-state index contributed by atoms with van der Waals surface area (Å²) in [6.07, 6.45) is 15.4. The van der Waals surface area contributed by atoms with Crippen molar-refractivity contribution in [1.82, 2.24) is 19.3 Å². The highest BCUT2D eigenvalue weighted by Crippen LogP contribution is 2.50. The van der Waals surface area contributed by atoms with Crippen molar-refractivity contribution in [3.05, 3.63) is 93.0 Å². The Hall–Kier alpha value is -4.75. The lowest BCUT2D eigenvalue weighted by Gasteiger charge is -2.50. The van der Waals surface area contributed by atoms with Crippen LogP contribution in [0.25, 0.3) is 17.0 Å². The van der Waals surface area contributed by atoms with Crippen LogP contribution in [0.3, 0.4) is 0 Å². The van der Waals surface area contributed by atoms with Crippen LogP contribution in [0.15, 0.2) is 70.0 Å². The summed E-state index contributed by atoms with van der Waals surface area (Å²) >= 11 is 0. The van der Waals surface area contributed by atoms with Crippen molar-refractivity contribution >= 4 is 37.4 Å². The maximum Gasteiger partial charge on any atom is 0.343 e. The van der Waals surface area contributed by atoms with E-state index in [9.17, 15) is 26.9 Å². The van der Waals surface area contributed by atoms with Crippen LogP contribution in [0.4, 0.5) is 5.69 Å². The first-order valence-corrected chi connectivity index (χ1v) is 30.1. The molecule has 2 aliphatic carbocycles. The van der Waals surface area contributed by atoms with Gasteiger partial charge in [0.15, 0.2) is 11.5 Å². The number of benzene rings is 2. The Morgan fingerprint density at radius 3 is 2.14 bits per heavy atom. The van der Waals surface area contributed by atoms with E-state index in [2.05, 4.69) is 103 Å². The number of fused-ring (bicyclic) bond motifs is 1. The second-order valence-corrected chi connectivity index (χ2v) is 28.1. The number of allylic oxidation sites excluding steroid dienone is 2. The summed E-state index contributed by atoms with van der Waals surface area (Å²) in [5.41, 5.74) is 3.26. The van der Waals surface area contributed by atoms with E-state index in [1.165, 1.54) is 35.9 Å². The fourth-order valence-corrected chi connectivity index (χ4v) is 13.1. The SMILES string of the molecule is CCCCCCCCOC1CC=C(CCCCC(C)(C)C)C=C1S(=O)(=O)Nc1cc(-c2nc3c(C(=O)OC4C(C(C)(C)C)CC(C)CC4C(C)(C)C)c(C#N)c(CNS(=O)(=O)c4ccc(C)cc4)n3[nH]2)ccc1C. The molecule has 1 fully saturated rings. The van der Waals surface area contributed by atoms with Gasteiger partial charge in [-0.15, -0.1) is 0 Å². The quantitative estimate of drug-likeness (QED) is 0.0509. The molecular weight excluding hydrogens is 969 g/mol. The molecule has 2 aromatic heterocycles. The summed E-state index contributed by atoms with van der Waals surface area (Å²) in [5.74, 6) is -0.0266. The molecule has 2 aliphatic rings. The minimum Gasteiger partial charge on any atom is -0.458 e. The van der Waals surface area contributed by atoms with Gasteiger partial charge in [-0.25, -0.2) is 35.9 Å². The predicted octanol–water partition coefficient (Wildman–Crippen LogP) is 13.9. The Balaban J connectivity index is 1.38. The molecule has 2 aromatic carbocycles. The van der Waals surface area contributed by atoms with Gasteiger partial charge in [0.05, 0.1) is 39.4 Å². The highest BCUT2D eigenvalue weighted by Gasteiger charge is 2.48. The number of esters is 1. The van der Waals surface area contributed by atoms with Crippen LogP contribution in [-0.4, -0.2) is 56.2 Å². The van der Waals surface area contributed by atoms with Gasteiger partial charge in [-0.3, -0.25) is 9.82 Å². The smallest absolute Gasteiger partial charge is 0.343 e. The normalized spacial score (nSPS) is 20.0. The second-order valence-electron chi connectivity index (χ2n) is 24.7. The lowest BCUT2D eigenvalue weighted by molar-refractivity contribution is -0.0922. The number of ether oxygens (including phenoxy) is 2. The molecule has 0 aliphatic heterocycles. The van der Waals surface area contributed by atoms with Crippen molar-refractivity contribution in [2.24, 2.45) is 34.0 Å². The Labute approximate surface area is 443 Å². The van der Waals surface area contributed by atoms with E-state index < -0.39 is 38.2 Å².